The first kappa shape index (κ1) is 32.3. The Morgan fingerprint density at radius 1 is 1.18 bits per heavy atom. The molecule has 0 aromatic rings. The molecule has 11 nitrogen and oxygen atoms in total. The van der Waals surface area contributed by atoms with Gasteiger partial charge < -0.3 is 46.3 Å². The highest BCUT2D eigenvalue weighted by molar-refractivity contribution is 5.90. The fourth-order valence-corrected chi connectivity index (χ4v) is 11.3. The Morgan fingerprint density at radius 2 is 1.98 bits per heavy atom. The molecule has 6 aliphatic rings. The number of hydrogen-bond donors (Lipinski definition) is 7. The average molecular weight is 618 g/mol. The van der Waals surface area contributed by atoms with Gasteiger partial charge in [0.1, 0.15) is 5.60 Å². The highest BCUT2D eigenvalue weighted by atomic mass is 16.5. The number of guanidine groups is 1. The van der Waals surface area contributed by atoms with Crippen LogP contribution in [0, 0.1) is 34.5 Å². The molecule has 0 radical (unpaired) electrons. The van der Waals surface area contributed by atoms with E-state index in [0.717, 1.165) is 75.2 Å². The molecule has 2 heterocycles. The van der Waals surface area contributed by atoms with Gasteiger partial charge in [-0.25, -0.2) is 4.99 Å². The van der Waals surface area contributed by atoms with Crippen molar-refractivity contribution < 1.29 is 34.9 Å². The second-order valence-corrected chi connectivity index (χ2v) is 14.9. The number of carbonyl (C=O) groups excluding carboxylic acids is 1. The van der Waals surface area contributed by atoms with Crippen LogP contribution in [0.25, 0.3) is 0 Å². The van der Waals surface area contributed by atoms with Crippen LogP contribution in [0.15, 0.2) is 16.1 Å². The van der Waals surface area contributed by atoms with E-state index < -0.39 is 29.2 Å². The van der Waals surface area contributed by atoms with E-state index >= 15 is 0 Å². The Labute approximate surface area is 261 Å². The van der Waals surface area contributed by atoms with Gasteiger partial charge >= 0.3 is 0 Å². The van der Waals surface area contributed by atoms with Crippen LogP contribution < -0.4 is 26.4 Å². The number of hydrogen-bond acceptors (Lipinski definition) is 9. The summed E-state index contributed by atoms with van der Waals surface area (Å²) in [6, 6.07) is 0. The molecule has 11 unspecified atom stereocenters. The van der Waals surface area contributed by atoms with Crippen LogP contribution in [-0.2, 0) is 9.53 Å². The minimum Gasteiger partial charge on any atom is -0.545 e. The van der Waals surface area contributed by atoms with Crippen molar-refractivity contribution >= 4 is 11.9 Å². The zero-order valence-electron chi connectivity index (χ0n) is 26.7. The molecular weight excluding hydrogens is 562 g/mol. The largest absolute Gasteiger partial charge is 0.545 e. The number of aliphatic hydroxyl groups is 3. The van der Waals surface area contributed by atoms with Crippen molar-refractivity contribution in [3.05, 3.63) is 11.1 Å². The molecule has 4 aliphatic carbocycles. The summed E-state index contributed by atoms with van der Waals surface area (Å²) in [5.41, 5.74) is 5.16. The number of nitrogens with one attached hydrogen (secondary N) is 3. The molecule has 5 fully saturated rings. The minimum absolute atomic E-state index is 0.0583. The normalized spacial score (nSPS) is 45.4. The van der Waals surface area contributed by atoms with Crippen molar-refractivity contribution in [2.24, 2.45) is 45.2 Å². The topological polar surface area (TPSA) is 177 Å². The first-order valence-corrected chi connectivity index (χ1v) is 17.2. The number of likely N-dealkylation sites (N-methyl/N-ethyl adjacent to an activating group) is 1. The third-order valence-corrected chi connectivity index (χ3v) is 13.1. The molecule has 2 spiro atoms. The van der Waals surface area contributed by atoms with Gasteiger partial charge in [-0.15, -0.1) is 0 Å². The SMILES string of the molecule is CNCCN=C(N)[NH+]1CCC(CNCCO)C2(C1)C1CCC(C)C23CC(O)(C2CCC4CCC(O)CC4O2)C(C(=O)[O-])=C3C1. The lowest BCUT2D eigenvalue weighted by molar-refractivity contribution is -0.828. The van der Waals surface area contributed by atoms with Crippen molar-refractivity contribution in [1.29, 1.82) is 0 Å². The highest BCUT2D eigenvalue weighted by Crippen LogP contribution is 2.77. The van der Waals surface area contributed by atoms with Crippen molar-refractivity contribution in [2.45, 2.75) is 95.0 Å². The summed E-state index contributed by atoms with van der Waals surface area (Å²) >= 11 is 0. The van der Waals surface area contributed by atoms with E-state index in [1.54, 1.807) is 0 Å². The van der Waals surface area contributed by atoms with E-state index in [1.165, 1.54) is 0 Å². The molecule has 0 aromatic heterocycles. The molecule has 248 valence electrons. The number of allylic oxidation sites excluding steroid dienone is 1. The average Bonchev–Trinajstić information content (AvgIpc) is 3.36. The Kier molecular flexibility index (Phi) is 9.22. The maximum atomic E-state index is 13.2. The van der Waals surface area contributed by atoms with Gasteiger partial charge in [0.05, 0.1) is 50.5 Å². The standard InChI is InChI=1S/C33H55N5O6/c1-20-3-6-22-15-25-28(29(41)42)33(43,27-8-5-21-4-7-24(40)16-26(21)44-27)18-31(20,25)32(22)19-38(30(34)37-11-10-35-2)13-9-23(32)17-36-12-14-39/h20-24,26-27,35-36,39-40,43H,3-19H2,1-2H3,(H2,34,37)(H,41,42). The first-order chi connectivity index (χ1) is 21.1. The summed E-state index contributed by atoms with van der Waals surface area (Å²) in [4.78, 5) is 19.1. The van der Waals surface area contributed by atoms with Crippen LogP contribution in [0.4, 0.5) is 0 Å². The number of quaternary nitrogens is 1. The molecule has 11 atom stereocenters. The zero-order valence-corrected chi connectivity index (χ0v) is 26.7. The van der Waals surface area contributed by atoms with E-state index in [0.29, 0.717) is 50.7 Å². The summed E-state index contributed by atoms with van der Waals surface area (Å²) in [6.07, 6.45) is 6.28. The molecule has 6 rings (SSSR count). The Morgan fingerprint density at radius 3 is 2.73 bits per heavy atom. The molecule has 2 saturated heterocycles. The monoisotopic (exact) mass is 617 g/mol. The number of aliphatic imine (C=N–C) groups is 1. The van der Waals surface area contributed by atoms with Crippen LogP contribution >= 0.6 is 0 Å². The van der Waals surface area contributed by atoms with Gasteiger partial charge in [-0.3, -0.25) is 4.90 Å². The maximum Gasteiger partial charge on any atom is 0.293 e. The number of rotatable bonds is 9. The summed E-state index contributed by atoms with van der Waals surface area (Å²) in [5.74, 6) is 0.319. The summed E-state index contributed by atoms with van der Waals surface area (Å²) < 4.78 is 6.63. The Bertz CT molecular complexity index is 1150. The number of aliphatic carboxylic acids is 1. The number of carbonyl (C=O) groups is 1. The molecule has 0 amide bonds. The third-order valence-electron chi connectivity index (χ3n) is 13.1. The van der Waals surface area contributed by atoms with Gasteiger partial charge in [-0.1, -0.05) is 12.5 Å². The van der Waals surface area contributed by atoms with Gasteiger partial charge in [-0.05, 0) is 95.1 Å². The second kappa shape index (κ2) is 12.5. The number of nitrogens with zero attached hydrogens (tertiary/aromatic N) is 1. The van der Waals surface area contributed by atoms with Crippen molar-refractivity contribution in [3.63, 3.8) is 0 Å². The molecule has 8 N–H and O–H groups in total. The molecular formula is C33H55N5O6. The molecule has 0 aromatic carbocycles. The predicted molar refractivity (Wildman–Crippen MR) is 163 cm³/mol. The van der Waals surface area contributed by atoms with Crippen molar-refractivity contribution in [3.8, 4) is 0 Å². The first-order valence-electron chi connectivity index (χ1n) is 17.2. The van der Waals surface area contributed by atoms with E-state index in [-0.39, 0.29) is 41.5 Å². The maximum absolute atomic E-state index is 13.2. The zero-order chi connectivity index (χ0) is 31.3. The predicted octanol–water partition coefficient (Wildman–Crippen LogP) is -1.68. The molecule has 2 bridgehead atoms. The number of nitrogens with two attached hydrogens (primary N) is 1. The molecule has 2 aliphatic heterocycles. The van der Waals surface area contributed by atoms with Gasteiger partial charge in [0.15, 0.2) is 0 Å². The van der Waals surface area contributed by atoms with Crippen molar-refractivity contribution in [2.75, 3.05) is 52.9 Å². The summed E-state index contributed by atoms with van der Waals surface area (Å²) in [6.45, 7) is 6.47. The van der Waals surface area contributed by atoms with Crippen LogP contribution in [0.1, 0.15) is 71.1 Å². The minimum atomic E-state index is -1.65. The quantitative estimate of drug-likeness (QED) is 0.0905. The van der Waals surface area contributed by atoms with Crippen LogP contribution in [0.5, 0.6) is 0 Å². The third kappa shape index (κ3) is 4.96. The van der Waals surface area contributed by atoms with Crippen LogP contribution in [0.3, 0.4) is 0 Å². The molecule has 44 heavy (non-hydrogen) atoms. The van der Waals surface area contributed by atoms with E-state index in [9.17, 15) is 25.2 Å². The lowest BCUT2D eigenvalue weighted by Crippen LogP contribution is -3.19. The lowest BCUT2D eigenvalue weighted by Gasteiger charge is -2.61. The number of carboxylic acid groups (broad SMARTS) is 1. The fourth-order valence-electron chi connectivity index (χ4n) is 11.3. The Hall–Kier alpha value is -1.60. The van der Waals surface area contributed by atoms with Gasteiger partial charge in [0, 0.05) is 35.9 Å². The fraction of sp³-hybridized carbons (Fsp3) is 0.879. The van der Waals surface area contributed by atoms with Crippen LogP contribution in [-0.4, -0.2) is 104 Å². The summed E-state index contributed by atoms with van der Waals surface area (Å²) in [5, 5.41) is 52.6. The van der Waals surface area contributed by atoms with E-state index in [1.807, 2.05) is 7.05 Å². The number of likely N-dealkylation sites (tertiary alicyclic amines) is 1. The summed E-state index contributed by atoms with van der Waals surface area (Å²) in [7, 11) is 1.90. The highest BCUT2D eigenvalue weighted by Gasteiger charge is 2.76. The smallest absolute Gasteiger partial charge is 0.293 e. The van der Waals surface area contributed by atoms with Crippen LogP contribution in [0.2, 0.25) is 0 Å². The Balaban J connectivity index is 1.42. The van der Waals surface area contributed by atoms with Crippen molar-refractivity contribution in [1.82, 2.24) is 10.6 Å². The number of aliphatic hydroxyl groups excluding tert-OH is 2. The number of ether oxygens (including phenoxy) is 1. The number of piperidine rings is 1. The van der Waals surface area contributed by atoms with E-state index in [4.69, 9.17) is 15.5 Å². The molecule has 11 heteroatoms. The lowest BCUT2D eigenvalue weighted by atomic mass is 9.45. The number of fused-ring (bicyclic) bond motifs is 1. The second-order valence-electron chi connectivity index (χ2n) is 14.9. The van der Waals surface area contributed by atoms with Gasteiger partial charge in [-0.2, -0.15) is 0 Å². The van der Waals surface area contributed by atoms with Gasteiger partial charge in [0.2, 0.25) is 0 Å². The van der Waals surface area contributed by atoms with E-state index in [2.05, 4.69) is 17.6 Å². The van der Waals surface area contributed by atoms with Gasteiger partial charge in [0.25, 0.3) is 5.96 Å². The number of carboxylic acids is 1. The molecule has 3 saturated carbocycles.